The van der Waals surface area contributed by atoms with E-state index >= 15 is 0 Å². The van der Waals surface area contributed by atoms with Crippen molar-refractivity contribution >= 4 is 37.0 Å². The SMILES string of the molecule is Cc1cc(-c2ccccc2)c(-c2c(C)c(Cl)c(C)c(P=O)c2-c2ccccc2)c(C)c1Cl. The van der Waals surface area contributed by atoms with Crippen LogP contribution >= 0.6 is 31.7 Å². The van der Waals surface area contributed by atoms with Gasteiger partial charge in [-0.15, -0.1) is 0 Å². The van der Waals surface area contributed by atoms with Crippen molar-refractivity contribution in [1.82, 2.24) is 0 Å². The molecule has 0 spiro atoms. The lowest BCUT2D eigenvalue weighted by Crippen LogP contribution is -2.10. The molecule has 4 aromatic rings. The molecule has 4 rings (SSSR count). The minimum absolute atomic E-state index is 0.0646. The molecule has 0 atom stereocenters. The van der Waals surface area contributed by atoms with E-state index in [1.165, 1.54) is 0 Å². The van der Waals surface area contributed by atoms with Crippen LogP contribution in [-0.4, -0.2) is 0 Å². The molecule has 4 aromatic carbocycles. The Kier molecular flexibility index (Phi) is 6.54. The van der Waals surface area contributed by atoms with Crippen LogP contribution in [0.1, 0.15) is 22.3 Å². The summed E-state index contributed by atoms with van der Waals surface area (Å²) < 4.78 is 12.4. The predicted molar refractivity (Wildman–Crippen MR) is 139 cm³/mol. The Balaban J connectivity index is 2.25. The lowest BCUT2D eigenvalue weighted by Gasteiger charge is -2.24. The molecule has 0 aromatic heterocycles. The molecule has 0 radical (unpaired) electrons. The Morgan fingerprint density at radius 2 is 1.16 bits per heavy atom. The Hall–Kier alpha value is -2.44. The minimum Gasteiger partial charge on any atom is -0.269 e. The normalized spacial score (nSPS) is 11.2. The standard InChI is InChI=1S/C28H23Cl2OP/c1-16-15-22(20-11-7-5-8-12-20)23(17(2)26(16)29)24-18(3)27(30)19(4)28(32-31)25(24)21-13-9-6-10-14-21/h5-15H,1-4H3. The van der Waals surface area contributed by atoms with Gasteiger partial charge in [0.05, 0.1) is 5.30 Å². The topological polar surface area (TPSA) is 17.1 Å². The van der Waals surface area contributed by atoms with Crippen molar-refractivity contribution in [2.75, 3.05) is 0 Å². The molecule has 32 heavy (non-hydrogen) atoms. The van der Waals surface area contributed by atoms with Crippen LogP contribution < -0.4 is 5.30 Å². The Morgan fingerprint density at radius 3 is 1.72 bits per heavy atom. The van der Waals surface area contributed by atoms with Gasteiger partial charge in [0.25, 0.3) is 0 Å². The average Bonchev–Trinajstić information content (AvgIpc) is 2.82. The second kappa shape index (κ2) is 9.20. The molecule has 0 unspecified atom stereocenters. The third-order valence-corrected chi connectivity index (χ3v) is 7.93. The molecule has 0 aliphatic heterocycles. The van der Waals surface area contributed by atoms with E-state index in [0.717, 1.165) is 60.7 Å². The number of halogens is 2. The molecule has 0 saturated carbocycles. The third kappa shape index (κ3) is 3.80. The molecule has 0 amide bonds. The van der Waals surface area contributed by atoms with Crippen LogP contribution in [0.4, 0.5) is 0 Å². The minimum atomic E-state index is -0.0646. The maximum absolute atomic E-state index is 12.4. The highest BCUT2D eigenvalue weighted by Gasteiger charge is 2.25. The molecule has 0 bridgehead atoms. The van der Waals surface area contributed by atoms with Crippen LogP contribution in [0.25, 0.3) is 33.4 Å². The van der Waals surface area contributed by atoms with Crippen molar-refractivity contribution in [3.05, 3.63) is 99.0 Å². The van der Waals surface area contributed by atoms with Gasteiger partial charge in [0, 0.05) is 15.6 Å². The van der Waals surface area contributed by atoms with Gasteiger partial charge in [-0.05, 0) is 83.8 Å². The first-order valence-corrected chi connectivity index (χ1v) is 12.0. The van der Waals surface area contributed by atoms with Crippen molar-refractivity contribution < 1.29 is 4.57 Å². The zero-order valence-electron chi connectivity index (χ0n) is 18.5. The second-order valence-electron chi connectivity index (χ2n) is 8.04. The van der Waals surface area contributed by atoms with Crippen LogP contribution in [0, 0.1) is 27.7 Å². The Bertz CT molecular complexity index is 1330. The fourth-order valence-corrected chi connectivity index (χ4v) is 5.41. The summed E-state index contributed by atoms with van der Waals surface area (Å²) in [7, 11) is -0.0646. The number of benzene rings is 4. The number of hydrogen-bond acceptors (Lipinski definition) is 1. The van der Waals surface area contributed by atoms with E-state index in [9.17, 15) is 4.57 Å². The molecular weight excluding hydrogens is 454 g/mol. The van der Waals surface area contributed by atoms with Gasteiger partial charge in [-0.25, -0.2) is 0 Å². The largest absolute Gasteiger partial charge is 0.269 e. The summed E-state index contributed by atoms with van der Waals surface area (Å²) in [5.74, 6) is 0. The molecule has 0 aliphatic carbocycles. The van der Waals surface area contributed by atoms with Gasteiger partial charge in [0.2, 0.25) is 0 Å². The Labute approximate surface area is 201 Å². The average molecular weight is 477 g/mol. The van der Waals surface area contributed by atoms with Gasteiger partial charge in [0.1, 0.15) is 0 Å². The van der Waals surface area contributed by atoms with Crippen molar-refractivity contribution in [3.8, 4) is 33.4 Å². The summed E-state index contributed by atoms with van der Waals surface area (Å²) in [6.07, 6.45) is 0. The van der Waals surface area contributed by atoms with E-state index in [2.05, 4.69) is 18.2 Å². The molecule has 160 valence electrons. The molecule has 0 N–H and O–H groups in total. The van der Waals surface area contributed by atoms with E-state index in [-0.39, 0.29) is 8.46 Å². The van der Waals surface area contributed by atoms with Crippen LogP contribution in [0.2, 0.25) is 10.0 Å². The van der Waals surface area contributed by atoms with Crippen molar-refractivity contribution in [3.63, 3.8) is 0 Å². The molecule has 4 heteroatoms. The first kappa shape index (κ1) is 22.7. The fraction of sp³-hybridized carbons (Fsp3) is 0.143. The molecule has 0 aliphatic rings. The van der Waals surface area contributed by atoms with Crippen molar-refractivity contribution in [2.45, 2.75) is 27.7 Å². The lowest BCUT2D eigenvalue weighted by atomic mass is 9.82. The van der Waals surface area contributed by atoms with Gasteiger partial charge in [-0.1, -0.05) is 83.9 Å². The second-order valence-corrected chi connectivity index (χ2v) is 9.43. The number of aryl methyl sites for hydroxylation is 1. The van der Waals surface area contributed by atoms with E-state index < -0.39 is 0 Å². The molecule has 0 fully saturated rings. The maximum Gasteiger partial charge on any atom is 0.193 e. The van der Waals surface area contributed by atoms with Crippen LogP contribution in [-0.2, 0) is 4.57 Å². The van der Waals surface area contributed by atoms with Gasteiger partial charge < -0.3 is 0 Å². The monoisotopic (exact) mass is 476 g/mol. The quantitative estimate of drug-likeness (QED) is 0.268. The van der Waals surface area contributed by atoms with Crippen molar-refractivity contribution in [1.29, 1.82) is 0 Å². The van der Waals surface area contributed by atoms with Gasteiger partial charge >= 0.3 is 0 Å². The molecule has 0 saturated heterocycles. The van der Waals surface area contributed by atoms with Crippen molar-refractivity contribution in [2.24, 2.45) is 0 Å². The smallest absolute Gasteiger partial charge is 0.193 e. The summed E-state index contributed by atoms with van der Waals surface area (Å²) >= 11 is 13.6. The Morgan fingerprint density at radius 1 is 0.625 bits per heavy atom. The number of hydrogen-bond donors (Lipinski definition) is 0. The third-order valence-electron chi connectivity index (χ3n) is 6.04. The van der Waals surface area contributed by atoms with Gasteiger partial charge in [0.15, 0.2) is 8.46 Å². The summed E-state index contributed by atoms with van der Waals surface area (Å²) in [6.45, 7) is 8.04. The summed E-state index contributed by atoms with van der Waals surface area (Å²) in [5.41, 5.74) is 9.90. The maximum atomic E-state index is 12.4. The van der Waals surface area contributed by atoms with Gasteiger partial charge in [-0.2, -0.15) is 0 Å². The highest BCUT2D eigenvalue weighted by Crippen LogP contribution is 2.47. The lowest BCUT2D eigenvalue weighted by molar-refractivity contribution is 0.603. The summed E-state index contributed by atoms with van der Waals surface area (Å²) in [5, 5.41) is 2.07. The molecule has 1 nitrogen and oxygen atoms in total. The zero-order valence-corrected chi connectivity index (χ0v) is 20.9. The first-order valence-electron chi connectivity index (χ1n) is 10.4. The molecule has 0 heterocycles. The van der Waals surface area contributed by atoms with Gasteiger partial charge in [-0.3, -0.25) is 4.57 Å². The van der Waals surface area contributed by atoms with E-state index in [1.54, 1.807) is 0 Å². The van der Waals surface area contributed by atoms with Crippen LogP contribution in [0.15, 0.2) is 66.7 Å². The molecular formula is C28H23Cl2OP. The van der Waals surface area contributed by atoms with E-state index in [4.69, 9.17) is 23.2 Å². The summed E-state index contributed by atoms with van der Waals surface area (Å²) in [6, 6.07) is 22.5. The van der Waals surface area contributed by atoms with Crippen LogP contribution in [0.3, 0.4) is 0 Å². The zero-order chi connectivity index (χ0) is 23.0. The van der Waals surface area contributed by atoms with Crippen LogP contribution in [0.5, 0.6) is 0 Å². The fourth-order valence-electron chi connectivity index (χ4n) is 4.43. The highest BCUT2D eigenvalue weighted by molar-refractivity contribution is 7.34. The van der Waals surface area contributed by atoms with E-state index in [1.807, 2.05) is 76.2 Å². The predicted octanol–water partition coefficient (Wildman–Crippen LogP) is 9.15. The highest BCUT2D eigenvalue weighted by atomic mass is 35.5. The van der Waals surface area contributed by atoms with E-state index in [0.29, 0.717) is 10.3 Å². The first-order chi connectivity index (χ1) is 15.4. The summed E-state index contributed by atoms with van der Waals surface area (Å²) in [4.78, 5) is 0. The number of rotatable bonds is 4.